The van der Waals surface area contributed by atoms with E-state index in [-0.39, 0.29) is 35.8 Å². The van der Waals surface area contributed by atoms with Gasteiger partial charge in [0.1, 0.15) is 0 Å². The molecule has 7 heteroatoms. The molecule has 0 spiro atoms. The molecule has 3 atom stereocenters. The summed E-state index contributed by atoms with van der Waals surface area (Å²) < 4.78 is 26.0. The molecule has 0 unspecified atom stereocenters. The normalized spacial score (nSPS) is 27.3. The van der Waals surface area contributed by atoms with Crippen LogP contribution in [0.25, 0.3) is 0 Å². The summed E-state index contributed by atoms with van der Waals surface area (Å²) >= 11 is 0. The average molecular weight is 373 g/mol. The number of aromatic nitrogens is 2. The van der Waals surface area contributed by atoms with Crippen LogP contribution in [0.1, 0.15) is 35.1 Å². The van der Waals surface area contributed by atoms with Gasteiger partial charge in [0.05, 0.1) is 23.7 Å². The standard InChI is InChI=1S/C19H23N3O3S/c1-13-5-3-4-6-15(13)16-9-17(16)19(23)22-7-8-26(24,25)12-18(22)14-10-20-21(2)11-14/h3-6,10-11,16-18H,7-9,12H2,1-2H3/t16-,17-,18-/m0/s1. The Morgan fingerprint density at radius 2 is 2.04 bits per heavy atom. The molecule has 1 aliphatic carbocycles. The minimum atomic E-state index is -3.15. The molecule has 1 aliphatic heterocycles. The molecule has 0 bridgehead atoms. The fraction of sp³-hybridized carbons (Fsp3) is 0.474. The van der Waals surface area contributed by atoms with Gasteiger partial charge in [-0.05, 0) is 30.4 Å². The molecule has 2 aromatic rings. The van der Waals surface area contributed by atoms with Gasteiger partial charge in [-0.25, -0.2) is 8.42 Å². The lowest BCUT2D eigenvalue weighted by Gasteiger charge is -2.35. The molecule has 1 aromatic carbocycles. The molecular weight excluding hydrogens is 350 g/mol. The summed E-state index contributed by atoms with van der Waals surface area (Å²) in [5.74, 6) is 0.290. The van der Waals surface area contributed by atoms with E-state index in [9.17, 15) is 13.2 Å². The Balaban J connectivity index is 1.57. The van der Waals surface area contributed by atoms with Crippen LogP contribution in [0.5, 0.6) is 0 Å². The van der Waals surface area contributed by atoms with Crippen molar-refractivity contribution in [3.63, 3.8) is 0 Å². The van der Waals surface area contributed by atoms with E-state index in [1.807, 2.05) is 12.1 Å². The molecule has 2 fully saturated rings. The number of nitrogens with zero attached hydrogens (tertiary/aromatic N) is 3. The first-order valence-electron chi connectivity index (χ1n) is 8.91. The predicted molar refractivity (Wildman–Crippen MR) is 98.3 cm³/mol. The zero-order valence-electron chi connectivity index (χ0n) is 15.0. The Kier molecular flexibility index (Phi) is 4.14. The molecule has 6 nitrogen and oxygen atoms in total. The number of hydrogen-bond acceptors (Lipinski definition) is 4. The van der Waals surface area contributed by atoms with E-state index in [4.69, 9.17) is 0 Å². The number of sulfone groups is 1. The van der Waals surface area contributed by atoms with Crippen molar-refractivity contribution in [2.45, 2.75) is 25.3 Å². The lowest BCUT2D eigenvalue weighted by Crippen LogP contribution is -2.46. The minimum Gasteiger partial charge on any atom is -0.333 e. The fourth-order valence-corrected chi connectivity index (χ4v) is 5.48. The minimum absolute atomic E-state index is 0.0216. The van der Waals surface area contributed by atoms with Crippen LogP contribution in [-0.4, -0.2) is 47.1 Å². The highest BCUT2D eigenvalue weighted by molar-refractivity contribution is 7.91. The van der Waals surface area contributed by atoms with Crippen LogP contribution >= 0.6 is 0 Å². The molecular formula is C19H23N3O3S. The molecule has 138 valence electrons. The maximum Gasteiger partial charge on any atom is 0.226 e. The largest absolute Gasteiger partial charge is 0.333 e. The zero-order chi connectivity index (χ0) is 18.5. The second-order valence-electron chi connectivity index (χ2n) is 7.41. The van der Waals surface area contributed by atoms with Gasteiger partial charge < -0.3 is 4.90 Å². The highest BCUT2D eigenvalue weighted by Crippen LogP contribution is 2.50. The van der Waals surface area contributed by atoms with Crippen molar-refractivity contribution >= 4 is 15.7 Å². The van der Waals surface area contributed by atoms with Crippen LogP contribution in [0, 0.1) is 12.8 Å². The average Bonchev–Trinajstić information content (AvgIpc) is 3.27. The van der Waals surface area contributed by atoms with Crippen LogP contribution in [0.4, 0.5) is 0 Å². The maximum absolute atomic E-state index is 13.2. The number of hydrogen-bond donors (Lipinski definition) is 0. The smallest absolute Gasteiger partial charge is 0.226 e. The van der Waals surface area contributed by atoms with Crippen molar-refractivity contribution in [1.29, 1.82) is 0 Å². The SMILES string of the molecule is Cc1ccccc1[C@@H]1C[C@@H]1C(=O)N1CCS(=O)(=O)C[C@H]1c1cnn(C)c1. The van der Waals surface area contributed by atoms with Crippen molar-refractivity contribution in [3.05, 3.63) is 53.3 Å². The van der Waals surface area contributed by atoms with Gasteiger partial charge in [-0.15, -0.1) is 0 Å². The van der Waals surface area contributed by atoms with Gasteiger partial charge in [-0.1, -0.05) is 24.3 Å². The lowest BCUT2D eigenvalue weighted by molar-refractivity contribution is -0.134. The third-order valence-corrected chi connectivity index (χ3v) is 7.15. The molecule has 1 saturated heterocycles. The van der Waals surface area contributed by atoms with E-state index in [0.29, 0.717) is 0 Å². The first kappa shape index (κ1) is 17.3. The van der Waals surface area contributed by atoms with Gasteiger partial charge in [-0.3, -0.25) is 9.48 Å². The van der Waals surface area contributed by atoms with Crippen molar-refractivity contribution in [2.75, 3.05) is 18.1 Å². The van der Waals surface area contributed by atoms with Crippen LogP contribution in [0.3, 0.4) is 0 Å². The quantitative estimate of drug-likeness (QED) is 0.823. The Hall–Kier alpha value is -2.15. The molecule has 2 heterocycles. The number of benzene rings is 1. The van der Waals surface area contributed by atoms with Crippen LogP contribution < -0.4 is 0 Å². The zero-order valence-corrected chi connectivity index (χ0v) is 15.8. The van der Waals surface area contributed by atoms with Gasteiger partial charge >= 0.3 is 0 Å². The highest BCUT2D eigenvalue weighted by atomic mass is 32.2. The van der Waals surface area contributed by atoms with Crippen LogP contribution in [-0.2, 0) is 21.7 Å². The van der Waals surface area contributed by atoms with Crippen LogP contribution in [0.2, 0.25) is 0 Å². The fourth-order valence-electron chi connectivity index (χ4n) is 3.99. The summed E-state index contributed by atoms with van der Waals surface area (Å²) in [7, 11) is -1.35. The van der Waals surface area contributed by atoms with E-state index in [1.54, 1.807) is 29.0 Å². The first-order chi connectivity index (χ1) is 12.4. The Morgan fingerprint density at radius 1 is 1.27 bits per heavy atom. The third kappa shape index (κ3) is 3.16. The van der Waals surface area contributed by atoms with E-state index in [1.165, 1.54) is 11.1 Å². The Morgan fingerprint density at radius 3 is 2.73 bits per heavy atom. The van der Waals surface area contributed by atoms with E-state index < -0.39 is 15.9 Å². The second-order valence-corrected chi connectivity index (χ2v) is 9.64. The van der Waals surface area contributed by atoms with Crippen molar-refractivity contribution in [1.82, 2.24) is 14.7 Å². The van der Waals surface area contributed by atoms with Crippen molar-refractivity contribution in [2.24, 2.45) is 13.0 Å². The summed E-state index contributed by atoms with van der Waals surface area (Å²) in [6.45, 7) is 2.33. The molecule has 0 N–H and O–H groups in total. The summed E-state index contributed by atoms with van der Waals surface area (Å²) in [4.78, 5) is 14.9. The summed E-state index contributed by atoms with van der Waals surface area (Å²) in [6, 6.07) is 7.74. The molecule has 1 saturated carbocycles. The Bertz CT molecular complexity index is 950. The van der Waals surface area contributed by atoms with Crippen molar-refractivity contribution < 1.29 is 13.2 Å². The molecule has 2 aliphatic rings. The number of rotatable bonds is 3. The third-order valence-electron chi connectivity index (χ3n) is 5.52. The molecule has 1 amide bonds. The van der Waals surface area contributed by atoms with Crippen molar-refractivity contribution in [3.8, 4) is 0 Å². The summed E-state index contributed by atoms with van der Waals surface area (Å²) in [6.07, 6.45) is 4.31. The van der Waals surface area contributed by atoms with Gasteiger partial charge in [0.25, 0.3) is 0 Å². The van der Waals surface area contributed by atoms with Gasteiger partial charge in [0.2, 0.25) is 5.91 Å². The van der Waals surface area contributed by atoms with Gasteiger partial charge in [0.15, 0.2) is 9.84 Å². The van der Waals surface area contributed by atoms with Gasteiger partial charge in [-0.2, -0.15) is 5.10 Å². The van der Waals surface area contributed by atoms with Crippen LogP contribution in [0.15, 0.2) is 36.7 Å². The molecule has 1 aromatic heterocycles. The topological polar surface area (TPSA) is 72.3 Å². The number of amides is 1. The second kappa shape index (κ2) is 6.23. The molecule has 4 rings (SSSR count). The summed E-state index contributed by atoms with van der Waals surface area (Å²) in [5.41, 5.74) is 3.23. The summed E-state index contributed by atoms with van der Waals surface area (Å²) in [5, 5.41) is 4.15. The number of aryl methyl sites for hydroxylation is 2. The maximum atomic E-state index is 13.2. The van der Waals surface area contributed by atoms with E-state index in [2.05, 4.69) is 24.2 Å². The predicted octanol–water partition coefficient (Wildman–Crippen LogP) is 1.83. The first-order valence-corrected chi connectivity index (χ1v) is 10.7. The number of carbonyl (C=O) groups is 1. The van der Waals surface area contributed by atoms with Gasteiger partial charge in [0, 0.05) is 31.3 Å². The number of carbonyl (C=O) groups excluding carboxylic acids is 1. The van der Waals surface area contributed by atoms with E-state index in [0.717, 1.165) is 12.0 Å². The lowest BCUT2D eigenvalue weighted by atomic mass is 10.0. The Labute approximate surface area is 153 Å². The molecule has 0 radical (unpaired) electrons. The monoisotopic (exact) mass is 373 g/mol. The molecule has 26 heavy (non-hydrogen) atoms. The van der Waals surface area contributed by atoms with E-state index >= 15 is 0 Å². The highest BCUT2D eigenvalue weighted by Gasteiger charge is 2.49.